The van der Waals surface area contributed by atoms with Crippen molar-refractivity contribution in [3.63, 3.8) is 0 Å². The van der Waals surface area contributed by atoms with Gasteiger partial charge < -0.3 is 5.11 Å². The number of aliphatic hydroxyl groups is 1. The first-order chi connectivity index (χ1) is 9.22. The summed E-state index contributed by atoms with van der Waals surface area (Å²) in [4.78, 5) is 11.2. The molecule has 0 unspecified atom stereocenters. The molecule has 0 saturated heterocycles. The minimum Gasteiger partial charge on any atom is -0.390 e. The fourth-order valence-electron chi connectivity index (χ4n) is 1.38. The summed E-state index contributed by atoms with van der Waals surface area (Å²) >= 11 is 0. The van der Waals surface area contributed by atoms with Crippen LogP contribution in [0.2, 0.25) is 0 Å². The lowest BCUT2D eigenvalue weighted by Gasteiger charge is -2.14. The number of halogens is 2. The molecule has 112 valence electrons. The van der Waals surface area contributed by atoms with Crippen LogP contribution in [0.1, 0.15) is 23.7 Å². The molecular formula is C12H15F2NO4S. The molecule has 1 aromatic rings. The SMILES string of the molecule is CCC(=O)c1cccc(S(=O)(=O)NCC(F)(F)CO)c1. The predicted molar refractivity (Wildman–Crippen MR) is 68.3 cm³/mol. The van der Waals surface area contributed by atoms with Gasteiger partial charge >= 0.3 is 0 Å². The van der Waals surface area contributed by atoms with E-state index in [4.69, 9.17) is 5.11 Å². The van der Waals surface area contributed by atoms with Crippen LogP contribution in [-0.2, 0) is 10.0 Å². The molecule has 20 heavy (non-hydrogen) atoms. The zero-order valence-corrected chi connectivity index (χ0v) is 11.6. The van der Waals surface area contributed by atoms with Crippen LogP contribution in [0.5, 0.6) is 0 Å². The third kappa shape index (κ3) is 4.32. The van der Waals surface area contributed by atoms with E-state index in [0.29, 0.717) is 0 Å². The number of sulfonamides is 1. The molecular weight excluding hydrogens is 292 g/mol. The van der Waals surface area contributed by atoms with Crippen molar-refractivity contribution in [2.24, 2.45) is 0 Å². The van der Waals surface area contributed by atoms with Crippen molar-refractivity contribution < 1.29 is 27.1 Å². The molecule has 0 saturated carbocycles. The van der Waals surface area contributed by atoms with Crippen molar-refractivity contribution >= 4 is 15.8 Å². The van der Waals surface area contributed by atoms with Gasteiger partial charge in [0.2, 0.25) is 10.0 Å². The average Bonchev–Trinajstić information content (AvgIpc) is 2.45. The summed E-state index contributed by atoms with van der Waals surface area (Å²) < 4.78 is 51.0. The molecule has 0 aliphatic carbocycles. The second-order valence-corrected chi connectivity index (χ2v) is 5.91. The van der Waals surface area contributed by atoms with E-state index < -0.39 is 29.1 Å². The molecule has 1 aromatic carbocycles. The number of benzene rings is 1. The van der Waals surface area contributed by atoms with Crippen LogP contribution in [0, 0.1) is 0 Å². The van der Waals surface area contributed by atoms with E-state index in [1.807, 2.05) is 0 Å². The maximum Gasteiger partial charge on any atom is 0.283 e. The first kappa shape index (κ1) is 16.7. The van der Waals surface area contributed by atoms with Gasteiger partial charge in [-0.05, 0) is 12.1 Å². The lowest BCUT2D eigenvalue weighted by molar-refractivity contribution is -0.0437. The van der Waals surface area contributed by atoms with Crippen LogP contribution in [0.25, 0.3) is 0 Å². The zero-order valence-electron chi connectivity index (χ0n) is 10.8. The monoisotopic (exact) mass is 307 g/mol. The molecule has 0 aliphatic rings. The third-order valence-electron chi connectivity index (χ3n) is 2.54. The second kappa shape index (κ2) is 6.38. The fourth-order valence-corrected chi connectivity index (χ4v) is 2.49. The van der Waals surface area contributed by atoms with Gasteiger partial charge in [0.15, 0.2) is 5.78 Å². The average molecular weight is 307 g/mol. The van der Waals surface area contributed by atoms with Gasteiger partial charge in [-0.15, -0.1) is 0 Å². The maximum atomic E-state index is 12.8. The normalized spacial score (nSPS) is 12.4. The largest absolute Gasteiger partial charge is 0.390 e. The fraction of sp³-hybridized carbons (Fsp3) is 0.417. The molecule has 0 radical (unpaired) electrons. The van der Waals surface area contributed by atoms with Crippen LogP contribution in [-0.4, -0.2) is 38.4 Å². The Morgan fingerprint density at radius 2 is 2.05 bits per heavy atom. The van der Waals surface area contributed by atoms with Gasteiger partial charge in [-0.25, -0.2) is 21.9 Å². The summed E-state index contributed by atoms with van der Waals surface area (Å²) in [5, 5.41) is 8.38. The van der Waals surface area contributed by atoms with E-state index in [9.17, 15) is 22.0 Å². The van der Waals surface area contributed by atoms with E-state index in [1.54, 1.807) is 11.6 Å². The van der Waals surface area contributed by atoms with Gasteiger partial charge in [-0.3, -0.25) is 4.79 Å². The van der Waals surface area contributed by atoms with Crippen molar-refractivity contribution in [3.05, 3.63) is 29.8 Å². The number of aliphatic hydroxyl groups excluding tert-OH is 1. The lowest BCUT2D eigenvalue weighted by atomic mass is 10.1. The van der Waals surface area contributed by atoms with E-state index >= 15 is 0 Å². The molecule has 0 aromatic heterocycles. The molecule has 0 aliphatic heterocycles. The van der Waals surface area contributed by atoms with Crippen molar-refractivity contribution in [3.8, 4) is 0 Å². The van der Waals surface area contributed by atoms with E-state index in [-0.39, 0.29) is 22.7 Å². The molecule has 0 atom stereocenters. The summed E-state index contributed by atoms with van der Waals surface area (Å²) in [6.07, 6.45) is 0.208. The molecule has 0 fully saturated rings. The van der Waals surface area contributed by atoms with Crippen LogP contribution >= 0.6 is 0 Å². The third-order valence-corrected chi connectivity index (χ3v) is 3.94. The van der Waals surface area contributed by atoms with Gasteiger partial charge in [0, 0.05) is 12.0 Å². The van der Waals surface area contributed by atoms with Crippen molar-refractivity contribution in [1.29, 1.82) is 0 Å². The Morgan fingerprint density at radius 1 is 1.40 bits per heavy atom. The number of hydrogen-bond acceptors (Lipinski definition) is 4. The Balaban J connectivity index is 2.96. The van der Waals surface area contributed by atoms with Gasteiger partial charge in [0.25, 0.3) is 5.92 Å². The number of hydrogen-bond donors (Lipinski definition) is 2. The minimum absolute atomic E-state index is 0.198. The standard InChI is InChI=1S/C12H15F2NO4S/c1-2-11(17)9-4-3-5-10(6-9)20(18,19)15-7-12(13,14)8-16/h3-6,15-16H,2,7-8H2,1H3. The Kier molecular flexibility index (Phi) is 5.32. The first-order valence-corrected chi connectivity index (χ1v) is 7.32. The number of alkyl halides is 2. The number of Topliss-reactive ketones (excluding diaryl/α,β-unsaturated/α-hetero) is 1. The molecule has 8 heteroatoms. The van der Waals surface area contributed by atoms with Gasteiger partial charge in [-0.1, -0.05) is 19.1 Å². The number of ketones is 1. The highest BCUT2D eigenvalue weighted by atomic mass is 32.2. The Hall–Kier alpha value is -1.38. The topological polar surface area (TPSA) is 83.5 Å². The summed E-state index contributed by atoms with van der Waals surface area (Å²) in [5.41, 5.74) is 0.198. The van der Waals surface area contributed by atoms with E-state index in [2.05, 4.69) is 0 Å². The number of rotatable bonds is 7. The quantitative estimate of drug-likeness (QED) is 0.741. The molecule has 2 N–H and O–H groups in total. The minimum atomic E-state index is -4.16. The lowest BCUT2D eigenvalue weighted by Crippen LogP contribution is -2.38. The molecule has 1 rings (SSSR count). The smallest absolute Gasteiger partial charge is 0.283 e. The Morgan fingerprint density at radius 3 is 2.60 bits per heavy atom. The zero-order chi connectivity index (χ0) is 15.4. The van der Waals surface area contributed by atoms with Gasteiger partial charge in [-0.2, -0.15) is 0 Å². The second-order valence-electron chi connectivity index (χ2n) is 4.14. The van der Waals surface area contributed by atoms with Crippen molar-refractivity contribution in [2.45, 2.75) is 24.2 Å². The molecule has 5 nitrogen and oxygen atoms in total. The van der Waals surface area contributed by atoms with E-state index in [1.165, 1.54) is 18.2 Å². The molecule has 0 amide bonds. The van der Waals surface area contributed by atoms with Crippen LogP contribution in [0.4, 0.5) is 8.78 Å². The highest BCUT2D eigenvalue weighted by Gasteiger charge is 2.30. The summed E-state index contributed by atoms with van der Waals surface area (Å²) in [7, 11) is -4.16. The molecule has 0 bridgehead atoms. The first-order valence-electron chi connectivity index (χ1n) is 5.83. The summed E-state index contributed by atoms with van der Waals surface area (Å²) in [6, 6.07) is 5.14. The highest BCUT2D eigenvalue weighted by molar-refractivity contribution is 7.89. The highest BCUT2D eigenvalue weighted by Crippen LogP contribution is 2.15. The maximum absolute atomic E-state index is 12.8. The van der Waals surface area contributed by atoms with Crippen LogP contribution in [0.15, 0.2) is 29.2 Å². The number of carbonyl (C=O) groups is 1. The van der Waals surface area contributed by atoms with Crippen molar-refractivity contribution in [2.75, 3.05) is 13.2 Å². The molecule has 0 spiro atoms. The molecule has 0 heterocycles. The predicted octanol–water partition coefficient (Wildman–Crippen LogP) is 1.19. The summed E-state index contributed by atoms with van der Waals surface area (Å²) in [6.45, 7) is -1.04. The number of carbonyl (C=O) groups excluding carboxylic acids is 1. The number of nitrogens with one attached hydrogen (secondary N) is 1. The van der Waals surface area contributed by atoms with Crippen LogP contribution in [0.3, 0.4) is 0 Å². The van der Waals surface area contributed by atoms with Crippen LogP contribution < -0.4 is 4.72 Å². The Bertz CT molecular complexity index is 587. The van der Waals surface area contributed by atoms with Gasteiger partial charge in [0.05, 0.1) is 11.4 Å². The summed E-state index contributed by atoms with van der Waals surface area (Å²) in [5.74, 6) is -3.79. The van der Waals surface area contributed by atoms with E-state index in [0.717, 1.165) is 6.07 Å². The Labute approximate surface area is 115 Å². The van der Waals surface area contributed by atoms with Gasteiger partial charge in [0.1, 0.15) is 6.61 Å². The van der Waals surface area contributed by atoms with Crippen molar-refractivity contribution in [1.82, 2.24) is 4.72 Å².